The molecular formula is C16H21NO2. The van der Waals surface area contributed by atoms with Gasteiger partial charge in [0.25, 0.3) is 0 Å². The van der Waals surface area contributed by atoms with Gasteiger partial charge in [0.15, 0.2) is 5.78 Å². The van der Waals surface area contributed by atoms with Crippen molar-refractivity contribution in [3.05, 3.63) is 29.6 Å². The van der Waals surface area contributed by atoms with Gasteiger partial charge in [0.2, 0.25) is 0 Å². The van der Waals surface area contributed by atoms with Gasteiger partial charge in [0, 0.05) is 6.20 Å². The van der Waals surface area contributed by atoms with E-state index >= 15 is 0 Å². The third-order valence-electron chi connectivity index (χ3n) is 4.66. The Hall–Kier alpha value is -1.22. The summed E-state index contributed by atoms with van der Waals surface area (Å²) in [6.45, 7) is 0. The first kappa shape index (κ1) is 12.8. The van der Waals surface area contributed by atoms with Crippen molar-refractivity contribution in [2.24, 2.45) is 0 Å². The number of carbonyl (C=O) groups excluding carboxylic acids is 1. The average Bonchev–Trinajstić information content (AvgIpc) is 2.73. The Morgan fingerprint density at radius 3 is 2.74 bits per heavy atom. The van der Waals surface area contributed by atoms with Gasteiger partial charge in [-0.3, -0.25) is 9.78 Å². The number of fused-ring (bicyclic) bond motifs is 1. The highest BCUT2D eigenvalue weighted by molar-refractivity contribution is 5.93. The van der Waals surface area contributed by atoms with Crippen molar-refractivity contribution in [3.8, 4) is 0 Å². The number of hydrogen-bond acceptors (Lipinski definition) is 3. The minimum atomic E-state index is -1.10. The first-order valence-electron chi connectivity index (χ1n) is 7.41. The van der Waals surface area contributed by atoms with Crippen molar-refractivity contribution >= 4 is 5.78 Å². The fourth-order valence-electron chi connectivity index (χ4n) is 3.55. The molecular weight excluding hydrogens is 238 g/mol. The van der Waals surface area contributed by atoms with E-state index in [9.17, 15) is 9.90 Å². The van der Waals surface area contributed by atoms with Gasteiger partial charge >= 0.3 is 0 Å². The van der Waals surface area contributed by atoms with Crippen LogP contribution in [-0.4, -0.2) is 21.5 Å². The molecule has 1 aromatic rings. The van der Waals surface area contributed by atoms with E-state index in [1.807, 2.05) is 12.1 Å². The number of nitrogens with zero attached hydrogens (tertiary/aromatic N) is 1. The molecule has 0 amide bonds. The molecule has 3 rings (SSSR count). The predicted octanol–water partition coefficient (Wildman–Crippen LogP) is 2.77. The summed E-state index contributed by atoms with van der Waals surface area (Å²) < 4.78 is 0. The largest absolute Gasteiger partial charge is 0.382 e. The van der Waals surface area contributed by atoms with Gasteiger partial charge in [-0.15, -0.1) is 0 Å². The maximum absolute atomic E-state index is 12.7. The van der Waals surface area contributed by atoms with Crippen LogP contribution in [0.5, 0.6) is 0 Å². The van der Waals surface area contributed by atoms with Gasteiger partial charge in [-0.05, 0) is 37.3 Å². The van der Waals surface area contributed by atoms with Crippen LogP contribution in [0.1, 0.15) is 62.1 Å². The standard InChI is InChI=1S/C16H21NO2/c18-15(16(19)9-3-1-2-4-10-16)13-8-7-12-6-5-11-17-14(12)13/h5-6,11,13,19H,1-4,7-10H2. The van der Waals surface area contributed by atoms with Gasteiger partial charge in [-0.2, -0.15) is 0 Å². The second-order valence-corrected chi connectivity index (χ2v) is 5.95. The van der Waals surface area contributed by atoms with Gasteiger partial charge in [0.05, 0.1) is 11.6 Å². The number of rotatable bonds is 2. The Labute approximate surface area is 114 Å². The topological polar surface area (TPSA) is 50.2 Å². The third kappa shape index (κ3) is 2.32. The summed E-state index contributed by atoms with van der Waals surface area (Å²) in [6.07, 6.45) is 8.93. The lowest BCUT2D eigenvalue weighted by Crippen LogP contribution is -2.41. The van der Waals surface area contributed by atoms with E-state index in [0.717, 1.165) is 44.2 Å². The highest BCUT2D eigenvalue weighted by Crippen LogP contribution is 2.38. The van der Waals surface area contributed by atoms with Crippen molar-refractivity contribution in [2.45, 2.75) is 62.9 Å². The van der Waals surface area contributed by atoms with Crippen molar-refractivity contribution in [2.75, 3.05) is 0 Å². The molecule has 1 atom stereocenters. The van der Waals surface area contributed by atoms with Gasteiger partial charge in [-0.1, -0.05) is 31.7 Å². The van der Waals surface area contributed by atoms with Crippen LogP contribution >= 0.6 is 0 Å². The zero-order valence-electron chi connectivity index (χ0n) is 11.3. The van der Waals surface area contributed by atoms with Crippen LogP contribution in [0.3, 0.4) is 0 Å². The van der Waals surface area contributed by atoms with Crippen LogP contribution in [-0.2, 0) is 11.2 Å². The van der Waals surface area contributed by atoms with Crippen molar-refractivity contribution in [1.29, 1.82) is 0 Å². The molecule has 2 aliphatic carbocycles. The lowest BCUT2D eigenvalue weighted by molar-refractivity contribution is -0.140. The average molecular weight is 259 g/mol. The van der Waals surface area contributed by atoms with Crippen LogP contribution in [0.4, 0.5) is 0 Å². The van der Waals surface area contributed by atoms with Crippen LogP contribution in [0.15, 0.2) is 18.3 Å². The zero-order chi connectivity index (χ0) is 13.3. The van der Waals surface area contributed by atoms with E-state index < -0.39 is 5.60 Å². The predicted molar refractivity (Wildman–Crippen MR) is 73.0 cm³/mol. The van der Waals surface area contributed by atoms with Crippen LogP contribution < -0.4 is 0 Å². The Balaban J connectivity index is 1.84. The molecule has 0 saturated heterocycles. The summed E-state index contributed by atoms with van der Waals surface area (Å²) in [4.78, 5) is 17.1. The zero-order valence-corrected chi connectivity index (χ0v) is 11.3. The summed E-state index contributed by atoms with van der Waals surface area (Å²) in [5.41, 5.74) is 0.989. The number of pyridine rings is 1. The smallest absolute Gasteiger partial charge is 0.173 e. The monoisotopic (exact) mass is 259 g/mol. The maximum atomic E-state index is 12.7. The fourth-order valence-corrected chi connectivity index (χ4v) is 3.55. The normalized spacial score (nSPS) is 25.6. The molecule has 1 saturated carbocycles. The molecule has 3 nitrogen and oxygen atoms in total. The van der Waals surface area contributed by atoms with E-state index in [0.29, 0.717) is 12.8 Å². The number of ketones is 1. The van der Waals surface area contributed by atoms with E-state index in [2.05, 4.69) is 4.98 Å². The molecule has 1 fully saturated rings. The van der Waals surface area contributed by atoms with E-state index in [1.165, 1.54) is 5.56 Å². The minimum absolute atomic E-state index is 0.0202. The minimum Gasteiger partial charge on any atom is -0.382 e. The molecule has 1 N–H and O–H groups in total. The molecule has 102 valence electrons. The lowest BCUT2D eigenvalue weighted by Gasteiger charge is -2.28. The molecule has 1 aromatic heterocycles. The lowest BCUT2D eigenvalue weighted by atomic mass is 9.82. The van der Waals surface area contributed by atoms with Gasteiger partial charge in [-0.25, -0.2) is 0 Å². The molecule has 0 radical (unpaired) electrons. The Bertz CT molecular complexity index is 475. The second-order valence-electron chi connectivity index (χ2n) is 5.95. The molecule has 1 heterocycles. The van der Waals surface area contributed by atoms with Crippen molar-refractivity contribution in [3.63, 3.8) is 0 Å². The maximum Gasteiger partial charge on any atom is 0.173 e. The van der Waals surface area contributed by atoms with Crippen molar-refractivity contribution in [1.82, 2.24) is 4.98 Å². The quantitative estimate of drug-likeness (QED) is 0.831. The number of hydrogen-bond donors (Lipinski definition) is 1. The Morgan fingerprint density at radius 2 is 2.00 bits per heavy atom. The molecule has 0 aliphatic heterocycles. The van der Waals surface area contributed by atoms with Crippen LogP contribution in [0.2, 0.25) is 0 Å². The van der Waals surface area contributed by atoms with E-state index in [-0.39, 0.29) is 11.7 Å². The van der Waals surface area contributed by atoms with Gasteiger partial charge in [0.1, 0.15) is 5.60 Å². The fraction of sp³-hybridized carbons (Fsp3) is 0.625. The number of aliphatic hydroxyl groups is 1. The summed E-state index contributed by atoms with van der Waals surface area (Å²) in [5, 5.41) is 10.7. The molecule has 0 spiro atoms. The molecule has 2 aliphatic rings. The van der Waals surface area contributed by atoms with Crippen LogP contribution in [0.25, 0.3) is 0 Å². The molecule has 1 unspecified atom stereocenters. The number of aryl methyl sites for hydroxylation is 1. The molecule has 0 bridgehead atoms. The Morgan fingerprint density at radius 1 is 1.26 bits per heavy atom. The van der Waals surface area contributed by atoms with Crippen molar-refractivity contribution < 1.29 is 9.90 Å². The molecule has 19 heavy (non-hydrogen) atoms. The SMILES string of the molecule is O=C(C1CCc2cccnc21)C1(O)CCCCCC1. The number of aromatic nitrogens is 1. The Kier molecular flexibility index (Phi) is 3.40. The summed E-state index contributed by atoms with van der Waals surface area (Å²) in [7, 11) is 0. The summed E-state index contributed by atoms with van der Waals surface area (Å²) >= 11 is 0. The highest BCUT2D eigenvalue weighted by atomic mass is 16.3. The van der Waals surface area contributed by atoms with E-state index in [4.69, 9.17) is 0 Å². The van der Waals surface area contributed by atoms with E-state index in [1.54, 1.807) is 6.20 Å². The number of Topliss-reactive ketones (excluding diaryl/α,β-unsaturated/α-hetero) is 1. The third-order valence-corrected chi connectivity index (χ3v) is 4.66. The molecule has 0 aromatic carbocycles. The summed E-state index contributed by atoms with van der Waals surface area (Å²) in [5.74, 6) is -0.161. The first-order chi connectivity index (χ1) is 9.21. The summed E-state index contributed by atoms with van der Waals surface area (Å²) in [6, 6.07) is 3.97. The van der Waals surface area contributed by atoms with Gasteiger partial charge < -0.3 is 5.11 Å². The van der Waals surface area contributed by atoms with Crippen LogP contribution in [0, 0.1) is 0 Å². The highest BCUT2D eigenvalue weighted by Gasteiger charge is 2.43. The molecule has 3 heteroatoms. The second kappa shape index (κ2) is 5.04. The first-order valence-corrected chi connectivity index (χ1v) is 7.41. The number of carbonyl (C=O) groups is 1.